The van der Waals surface area contributed by atoms with Crippen molar-refractivity contribution in [3.05, 3.63) is 35.6 Å². The van der Waals surface area contributed by atoms with Crippen LogP contribution in [0.2, 0.25) is 0 Å². The number of halogens is 1. The van der Waals surface area contributed by atoms with E-state index in [2.05, 4.69) is 0 Å². The number of amides is 1. The zero-order valence-corrected chi connectivity index (χ0v) is 14.4. The number of benzene rings is 1. The second-order valence-corrected chi connectivity index (χ2v) is 5.88. The molecule has 1 aromatic carbocycles. The molecule has 0 bridgehead atoms. The predicted octanol–water partition coefficient (Wildman–Crippen LogP) is 2.17. The average Bonchev–Trinajstić information content (AvgIpc) is 2.61. The van der Waals surface area contributed by atoms with Crippen LogP contribution in [0, 0.1) is 11.7 Å². The third kappa shape index (κ3) is 4.78. The number of carbonyl (C=O) groups is 3. The first-order valence-corrected chi connectivity index (χ1v) is 8.35. The molecule has 1 aliphatic heterocycles. The maximum absolute atomic E-state index is 13.6. The van der Waals surface area contributed by atoms with Gasteiger partial charge >= 0.3 is 11.9 Å². The largest absolute Gasteiger partial charge is 0.466 e. The number of likely N-dealkylation sites (tertiary alicyclic amines) is 1. The zero-order chi connectivity index (χ0) is 18.4. The molecule has 1 amide bonds. The van der Waals surface area contributed by atoms with Gasteiger partial charge in [-0.2, -0.15) is 0 Å². The van der Waals surface area contributed by atoms with E-state index in [1.807, 2.05) is 0 Å². The summed E-state index contributed by atoms with van der Waals surface area (Å²) in [6.45, 7) is 4.33. The Kier molecular flexibility index (Phi) is 6.50. The van der Waals surface area contributed by atoms with Gasteiger partial charge in [0.05, 0.1) is 18.1 Å². The quantitative estimate of drug-likeness (QED) is 0.760. The lowest BCUT2D eigenvalue weighted by Gasteiger charge is -2.32. The van der Waals surface area contributed by atoms with Gasteiger partial charge in [-0.05, 0) is 38.8 Å². The summed E-state index contributed by atoms with van der Waals surface area (Å²) in [5, 5.41) is 0. The van der Waals surface area contributed by atoms with Gasteiger partial charge in [-0.3, -0.25) is 9.59 Å². The van der Waals surface area contributed by atoms with Crippen LogP contribution >= 0.6 is 0 Å². The van der Waals surface area contributed by atoms with Gasteiger partial charge < -0.3 is 14.4 Å². The number of hydrogen-bond donors (Lipinski definition) is 0. The number of hydrogen-bond acceptors (Lipinski definition) is 5. The Morgan fingerprint density at radius 1 is 1.24 bits per heavy atom. The smallest absolute Gasteiger partial charge is 0.341 e. The maximum Gasteiger partial charge on any atom is 0.341 e. The molecule has 2 rings (SSSR count). The van der Waals surface area contributed by atoms with Crippen molar-refractivity contribution in [3.63, 3.8) is 0 Å². The lowest BCUT2D eigenvalue weighted by atomic mass is 9.97. The highest BCUT2D eigenvalue weighted by Crippen LogP contribution is 2.20. The van der Waals surface area contributed by atoms with Gasteiger partial charge in [0.25, 0.3) is 5.91 Å². The number of piperidine rings is 1. The fourth-order valence-electron chi connectivity index (χ4n) is 2.75. The molecule has 6 nitrogen and oxygen atoms in total. The van der Waals surface area contributed by atoms with Crippen molar-refractivity contribution >= 4 is 17.8 Å². The fraction of sp³-hybridized carbons (Fsp3) is 0.500. The molecular weight excluding hydrogens is 329 g/mol. The highest BCUT2D eigenvalue weighted by Gasteiger charge is 2.31. The topological polar surface area (TPSA) is 72.9 Å². The molecule has 136 valence electrons. The SMILES string of the molecule is CCOC(=O)C1CCN(C(=O)C(C)OC(=O)c2ccccc2F)CC1. The Labute approximate surface area is 145 Å². The molecule has 0 aliphatic carbocycles. The summed E-state index contributed by atoms with van der Waals surface area (Å²) >= 11 is 0. The van der Waals surface area contributed by atoms with Crippen molar-refractivity contribution in [2.75, 3.05) is 19.7 Å². The molecule has 0 aromatic heterocycles. The highest BCUT2D eigenvalue weighted by atomic mass is 19.1. The van der Waals surface area contributed by atoms with Crippen LogP contribution < -0.4 is 0 Å². The third-order valence-corrected chi connectivity index (χ3v) is 4.15. The minimum absolute atomic E-state index is 0.205. The molecule has 1 aromatic rings. The van der Waals surface area contributed by atoms with Crippen LogP contribution in [0.25, 0.3) is 0 Å². The molecule has 1 heterocycles. The number of esters is 2. The minimum atomic E-state index is -1.02. The van der Waals surface area contributed by atoms with Crippen molar-refractivity contribution in [1.82, 2.24) is 4.90 Å². The Morgan fingerprint density at radius 2 is 1.88 bits per heavy atom. The molecule has 1 fully saturated rings. The second-order valence-electron chi connectivity index (χ2n) is 5.88. The molecule has 1 atom stereocenters. The highest BCUT2D eigenvalue weighted by molar-refractivity contribution is 5.92. The van der Waals surface area contributed by atoms with E-state index in [4.69, 9.17) is 9.47 Å². The van der Waals surface area contributed by atoms with E-state index in [1.54, 1.807) is 11.8 Å². The van der Waals surface area contributed by atoms with Crippen LogP contribution in [0.15, 0.2) is 24.3 Å². The van der Waals surface area contributed by atoms with Crippen molar-refractivity contribution in [1.29, 1.82) is 0 Å². The van der Waals surface area contributed by atoms with E-state index in [1.165, 1.54) is 25.1 Å². The van der Waals surface area contributed by atoms with Crippen molar-refractivity contribution < 1.29 is 28.2 Å². The van der Waals surface area contributed by atoms with Crippen LogP contribution in [0.3, 0.4) is 0 Å². The number of carbonyl (C=O) groups excluding carboxylic acids is 3. The second kappa shape index (κ2) is 8.60. The van der Waals surface area contributed by atoms with E-state index in [0.717, 1.165) is 6.07 Å². The Hall–Kier alpha value is -2.44. The number of nitrogens with zero attached hydrogens (tertiary/aromatic N) is 1. The molecule has 1 aliphatic rings. The standard InChI is InChI=1S/C18H22FNO5/c1-3-24-17(22)13-8-10-20(11-9-13)16(21)12(2)25-18(23)14-6-4-5-7-15(14)19/h4-7,12-13H,3,8-11H2,1-2H3. The van der Waals surface area contributed by atoms with Gasteiger partial charge in [0, 0.05) is 13.1 Å². The summed E-state index contributed by atoms with van der Waals surface area (Å²) in [4.78, 5) is 37.6. The van der Waals surface area contributed by atoms with E-state index in [0.29, 0.717) is 32.5 Å². The van der Waals surface area contributed by atoms with Crippen LogP contribution in [-0.4, -0.2) is 48.5 Å². The van der Waals surface area contributed by atoms with E-state index in [-0.39, 0.29) is 23.4 Å². The van der Waals surface area contributed by atoms with Crippen LogP contribution in [0.1, 0.15) is 37.0 Å². The molecule has 1 unspecified atom stereocenters. The first kappa shape index (κ1) is 18.9. The summed E-state index contributed by atoms with van der Waals surface area (Å²) in [6, 6.07) is 5.45. The molecular formula is C18H22FNO5. The first-order valence-electron chi connectivity index (χ1n) is 8.35. The summed E-state index contributed by atoms with van der Waals surface area (Å²) in [5.74, 6) is -2.37. The zero-order valence-electron chi connectivity index (χ0n) is 14.4. The normalized spacial score (nSPS) is 16.2. The van der Waals surface area contributed by atoms with Gasteiger partial charge in [0.2, 0.25) is 0 Å². The van der Waals surface area contributed by atoms with Crippen molar-refractivity contribution in [3.8, 4) is 0 Å². The Balaban J connectivity index is 1.88. The van der Waals surface area contributed by atoms with Crippen molar-refractivity contribution in [2.24, 2.45) is 5.92 Å². The predicted molar refractivity (Wildman–Crippen MR) is 87.2 cm³/mol. The molecule has 7 heteroatoms. The van der Waals surface area contributed by atoms with E-state index >= 15 is 0 Å². The lowest BCUT2D eigenvalue weighted by Crippen LogP contribution is -2.45. The summed E-state index contributed by atoms with van der Waals surface area (Å²) in [6.07, 6.45) is 0.00292. The average molecular weight is 351 g/mol. The lowest BCUT2D eigenvalue weighted by molar-refractivity contribution is -0.152. The van der Waals surface area contributed by atoms with Gasteiger partial charge in [-0.15, -0.1) is 0 Å². The van der Waals surface area contributed by atoms with E-state index < -0.39 is 17.9 Å². The molecule has 1 saturated heterocycles. The van der Waals surface area contributed by atoms with Crippen LogP contribution in [0.4, 0.5) is 4.39 Å². The van der Waals surface area contributed by atoms with Crippen molar-refractivity contribution in [2.45, 2.75) is 32.8 Å². The minimum Gasteiger partial charge on any atom is -0.466 e. The first-order chi connectivity index (χ1) is 11.9. The van der Waals surface area contributed by atoms with Gasteiger partial charge in [-0.1, -0.05) is 12.1 Å². The third-order valence-electron chi connectivity index (χ3n) is 4.15. The number of rotatable bonds is 5. The molecule has 0 spiro atoms. The Morgan fingerprint density at radius 3 is 2.48 bits per heavy atom. The Bertz CT molecular complexity index is 640. The fourth-order valence-corrected chi connectivity index (χ4v) is 2.75. The summed E-state index contributed by atoms with van der Waals surface area (Å²) in [7, 11) is 0. The monoisotopic (exact) mass is 351 g/mol. The summed E-state index contributed by atoms with van der Waals surface area (Å²) < 4.78 is 23.7. The van der Waals surface area contributed by atoms with Gasteiger partial charge in [0.15, 0.2) is 6.10 Å². The molecule has 25 heavy (non-hydrogen) atoms. The molecule has 0 radical (unpaired) electrons. The summed E-state index contributed by atoms with van der Waals surface area (Å²) in [5.41, 5.74) is -0.205. The van der Waals surface area contributed by atoms with Gasteiger partial charge in [-0.25, -0.2) is 9.18 Å². The molecule has 0 N–H and O–H groups in total. The number of ether oxygens (including phenoxy) is 2. The maximum atomic E-state index is 13.6. The van der Waals surface area contributed by atoms with Crippen LogP contribution in [0.5, 0.6) is 0 Å². The van der Waals surface area contributed by atoms with E-state index in [9.17, 15) is 18.8 Å². The van der Waals surface area contributed by atoms with Crippen LogP contribution in [-0.2, 0) is 19.1 Å². The molecule has 0 saturated carbocycles. The van der Waals surface area contributed by atoms with Gasteiger partial charge in [0.1, 0.15) is 5.82 Å².